The number of anilines is 2. The van der Waals surface area contributed by atoms with Crippen molar-refractivity contribution >= 4 is 27.3 Å². The Balaban J connectivity index is 1.60. The number of rotatable bonds is 5. The molecule has 0 saturated heterocycles. The molecule has 0 aromatic heterocycles. The average molecular weight is 464 g/mol. The fraction of sp³-hybridized carbons (Fsp3) is 0.0952. The van der Waals surface area contributed by atoms with Crippen molar-refractivity contribution in [2.45, 2.75) is 4.90 Å². The maximum Gasteiger partial charge on any atom is 0.264 e. The summed E-state index contributed by atoms with van der Waals surface area (Å²) < 4.78 is 78.7. The minimum absolute atomic E-state index is 0.0889. The van der Waals surface area contributed by atoms with Crippen molar-refractivity contribution in [3.8, 4) is 11.5 Å². The summed E-state index contributed by atoms with van der Waals surface area (Å²) in [5.41, 5.74) is 0.0872. The summed E-state index contributed by atoms with van der Waals surface area (Å²) in [5, 5.41) is 2.61. The number of halogens is 3. The highest BCUT2D eigenvalue weighted by Crippen LogP contribution is 2.33. The van der Waals surface area contributed by atoms with Crippen LogP contribution in [0.5, 0.6) is 11.5 Å². The first kappa shape index (κ1) is 21.5. The first-order valence-corrected chi connectivity index (χ1v) is 10.7. The van der Waals surface area contributed by atoms with Gasteiger partial charge in [-0.1, -0.05) is 12.1 Å². The molecule has 2 N–H and O–H groups in total. The maximum absolute atomic E-state index is 14.0. The average Bonchev–Trinajstić information content (AvgIpc) is 2.77. The van der Waals surface area contributed by atoms with Gasteiger partial charge in [0.1, 0.15) is 18.1 Å². The number of carbonyl (C=O) groups excluding carboxylic acids is 1. The van der Waals surface area contributed by atoms with Crippen molar-refractivity contribution in [2.24, 2.45) is 0 Å². The highest BCUT2D eigenvalue weighted by atomic mass is 32.2. The molecule has 1 aliphatic rings. The van der Waals surface area contributed by atoms with E-state index in [2.05, 4.69) is 5.32 Å². The van der Waals surface area contributed by atoms with Gasteiger partial charge in [0, 0.05) is 11.8 Å². The Labute approximate surface area is 180 Å². The quantitative estimate of drug-likeness (QED) is 0.558. The monoisotopic (exact) mass is 464 g/mol. The van der Waals surface area contributed by atoms with E-state index in [4.69, 9.17) is 9.47 Å². The van der Waals surface area contributed by atoms with Crippen LogP contribution in [0.2, 0.25) is 0 Å². The molecule has 0 fully saturated rings. The van der Waals surface area contributed by atoms with E-state index in [-0.39, 0.29) is 11.3 Å². The first-order valence-electron chi connectivity index (χ1n) is 9.22. The lowest BCUT2D eigenvalue weighted by atomic mass is 10.1. The van der Waals surface area contributed by atoms with Crippen LogP contribution < -0.4 is 19.5 Å². The molecule has 0 radical (unpaired) electrons. The van der Waals surface area contributed by atoms with Crippen LogP contribution in [0.15, 0.2) is 59.5 Å². The highest BCUT2D eigenvalue weighted by Gasteiger charge is 2.26. The van der Waals surface area contributed by atoms with Crippen molar-refractivity contribution < 1.29 is 35.9 Å². The molecule has 11 heteroatoms. The van der Waals surface area contributed by atoms with Crippen molar-refractivity contribution in [3.63, 3.8) is 0 Å². The van der Waals surface area contributed by atoms with E-state index < -0.39 is 38.3 Å². The molecular weight excluding hydrogens is 449 g/mol. The van der Waals surface area contributed by atoms with E-state index in [1.54, 1.807) is 18.2 Å². The van der Waals surface area contributed by atoms with E-state index in [0.29, 0.717) is 42.5 Å². The Morgan fingerprint density at radius 3 is 2.38 bits per heavy atom. The molecule has 0 atom stereocenters. The van der Waals surface area contributed by atoms with Gasteiger partial charge >= 0.3 is 0 Å². The lowest BCUT2D eigenvalue weighted by Gasteiger charge is -2.19. The van der Waals surface area contributed by atoms with E-state index in [9.17, 15) is 26.4 Å². The number of carbonyl (C=O) groups is 1. The number of nitrogens with one attached hydrogen (secondary N) is 2. The summed E-state index contributed by atoms with van der Waals surface area (Å²) >= 11 is 0. The molecule has 3 aromatic rings. The molecule has 32 heavy (non-hydrogen) atoms. The van der Waals surface area contributed by atoms with Crippen molar-refractivity contribution in [1.82, 2.24) is 0 Å². The second-order valence-corrected chi connectivity index (χ2v) is 8.29. The highest BCUT2D eigenvalue weighted by molar-refractivity contribution is 7.92. The van der Waals surface area contributed by atoms with Gasteiger partial charge in [0.25, 0.3) is 15.9 Å². The van der Waals surface area contributed by atoms with Crippen molar-refractivity contribution in [2.75, 3.05) is 23.3 Å². The molecule has 0 bridgehead atoms. The molecule has 0 spiro atoms. The van der Waals surface area contributed by atoms with Crippen LogP contribution in [0.4, 0.5) is 24.5 Å². The molecule has 3 aromatic carbocycles. The first-order chi connectivity index (χ1) is 15.3. The van der Waals surface area contributed by atoms with Gasteiger partial charge in [0.05, 0.1) is 11.3 Å². The molecular formula is C21H15F3N2O5S. The largest absolute Gasteiger partial charge is 0.486 e. The lowest BCUT2D eigenvalue weighted by Crippen LogP contribution is -2.20. The molecule has 166 valence electrons. The lowest BCUT2D eigenvalue weighted by molar-refractivity contribution is 0.102. The molecule has 4 rings (SSSR count). The van der Waals surface area contributed by atoms with Crippen molar-refractivity contribution in [1.29, 1.82) is 0 Å². The number of ether oxygens (including phenoxy) is 2. The van der Waals surface area contributed by atoms with Gasteiger partial charge in [-0.05, 0) is 36.4 Å². The third-order valence-electron chi connectivity index (χ3n) is 4.51. The summed E-state index contributed by atoms with van der Waals surface area (Å²) in [6.45, 7) is 0.764. The number of benzene rings is 3. The predicted molar refractivity (Wildman–Crippen MR) is 109 cm³/mol. The predicted octanol–water partition coefficient (Wildman–Crippen LogP) is 3.93. The van der Waals surface area contributed by atoms with Crippen LogP contribution in [0.3, 0.4) is 0 Å². The normalized spacial score (nSPS) is 12.8. The molecule has 1 aliphatic heterocycles. The fourth-order valence-corrected chi connectivity index (χ4v) is 4.16. The van der Waals surface area contributed by atoms with Crippen LogP contribution in [0, 0.1) is 17.5 Å². The summed E-state index contributed by atoms with van der Waals surface area (Å²) in [5.74, 6) is -5.02. The standard InChI is InChI=1S/C21H15F3N2O5S/c22-14-6-8-18(20(24)19(14)23)32(28,29)26-15-4-2-1-3-13(15)21(27)25-12-5-7-16-17(11-12)31-10-9-30-16/h1-8,11,26H,9-10H2,(H,25,27). The van der Waals surface area contributed by atoms with Gasteiger partial charge < -0.3 is 14.8 Å². The number of fused-ring (bicyclic) bond motifs is 1. The third kappa shape index (κ3) is 4.19. The van der Waals surface area contributed by atoms with Gasteiger partial charge in [-0.2, -0.15) is 0 Å². The van der Waals surface area contributed by atoms with Gasteiger partial charge in [-0.15, -0.1) is 0 Å². The Bertz CT molecular complexity index is 1310. The summed E-state index contributed by atoms with van der Waals surface area (Å²) in [6, 6.07) is 11.4. The molecule has 1 heterocycles. The third-order valence-corrected chi connectivity index (χ3v) is 5.89. The van der Waals surface area contributed by atoms with Gasteiger partial charge in [0.15, 0.2) is 29.0 Å². The molecule has 7 nitrogen and oxygen atoms in total. The van der Waals surface area contributed by atoms with E-state index in [1.165, 1.54) is 24.3 Å². The van der Waals surface area contributed by atoms with Crippen molar-refractivity contribution in [3.05, 3.63) is 77.6 Å². The topological polar surface area (TPSA) is 93.7 Å². The Hall–Kier alpha value is -3.73. The van der Waals surface area contributed by atoms with E-state index in [1.807, 2.05) is 4.72 Å². The van der Waals surface area contributed by atoms with E-state index >= 15 is 0 Å². The molecule has 0 aliphatic carbocycles. The van der Waals surface area contributed by atoms with Crippen LogP contribution >= 0.6 is 0 Å². The summed E-state index contributed by atoms with van der Waals surface area (Å²) in [4.78, 5) is 11.7. The second kappa shape index (κ2) is 8.42. The Morgan fingerprint density at radius 1 is 0.875 bits per heavy atom. The van der Waals surface area contributed by atoms with Crippen LogP contribution in [0.1, 0.15) is 10.4 Å². The summed E-state index contributed by atoms with van der Waals surface area (Å²) in [6.07, 6.45) is 0. The zero-order chi connectivity index (χ0) is 22.9. The van der Waals surface area contributed by atoms with Crippen LogP contribution in [-0.4, -0.2) is 27.5 Å². The Morgan fingerprint density at radius 2 is 1.59 bits per heavy atom. The summed E-state index contributed by atoms with van der Waals surface area (Å²) in [7, 11) is -4.67. The minimum Gasteiger partial charge on any atom is -0.486 e. The van der Waals surface area contributed by atoms with Crippen LogP contribution in [0.25, 0.3) is 0 Å². The number of amides is 1. The SMILES string of the molecule is O=C(Nc1ccc2c(c1)OCCO2)c1ccccc1NS(=O)(=O)c1ccc(F)c(F)c1F. The Kier molecular flexibility index (Phi) is 5.66. The van der Waals surface area contributed by atoms with Gasteiger partial charge in [-0.3, -0.25) is 9.52 Å². The van der Waals surface area contributed by atoms with Gasteiger partial charge in [-0.25, -0.2) is 21.6 Å². The minimum atomic E-state index is -4.67. The molecule has 1 amide bonds. The van der Waals surface area contributed by atoms with Crippen LogP contribution in [-0.2, 0) is 10.0 Å². The molecule has 0 saturated carbocycles. The number of sulfonamides is 1. The van der Waals surface area contributed by atoms with Gasteiger partial charge in [0.2, 0.25) is 0 Å². The zero-order valence-electron chi connectivity index (χ0n) is 16.2. The molecule has 0 unspecified atom stereocenters. The number of para-hydroxylation sites is 1. The number of hydrogen-bond donors (Lipinski definition) is 2. The maximum atomic E-state index is 14.0. The van der Waals surface area contributed by atoms with E-state index in [0.717, 1.165) is 0 Å². The fourth-order valence-electron chi connectivity index (χ4n) is 3.01. The second-order valence-electron chi connectivity index (χ2n) is 6.64. The zero-order valence-corrected chi connectivity index (χ0v) is 17.0. The number of hydrogen-bond acceptors (Lipinski definition) is 5. The smallest absolute Gasteiger partial charge is 0.264 e.